The van der Waals surface area contributed by atoms with Crippen LogP contribution in [0.2, 0.25) is 5.02 Å². The van der Waals surface area contributed by atoms with E-state index in [0.29, 0.717) is 28.2 Å². The van der Waals surface area contributed by atoms with Crippen molar-refractivity contribution < 1.29 is 19.4 Å². The predicted molar refractivity (Wildman–Crippen MR) is 77.0 cm³/mol. The number of halogens is 2. The number of nitrogens with zero attached hydrogens (tertiary/aromatic N) is 1. The molecule has 0 spiro atoms. The maximum absolute atomic E-state index is 12.5. The normalized spacial score (nSPS) is 18.9. The molecule has 5 nitrogen and oxygen atoms in total. The highest BCUT2D eigenvalue weighted by atomic mass is 79.9. The molecule has 1 amide bonds. The van der Waals surface area contributed by atoms with Gasteiger partial charge in [-0.25, -0.2) is 0 Å². The second-order valence-corrected chi connectivity index (χ2v) is 5.74. The van der Waals surface area contributed by atoms with Gasteiger partial charge < -0.3 is 14.7 Å². The van der Waals surface area contributed by atoms with Crippen LogP contribution in [-0.4, -0.2) is 47.7 Å². The summed E-state index contributed by atoms with van der Waals surface area (Å²) in [7, 11) is 0. The Labute approximate surface area is 129 Å². The van der Waals surface area contributed by atoms with E-state index < -0.39 is 12.0 Å². The van der Waals surface area contributed by atoms with Crippen LogP contribution in [0.4, 0.5) is 0 Å². The van der Waals surface area contributed by atoms with Gasteiger partial charge in [0, 0.05) is 16.0 Å². The van der Waals surface area contributed by atoms with Gasteiger partial charge in [0.15, 0.2) is 0 Å². The van der Waals surface area contributed by atoms with Gasteiger partial charge >= 0.3 is 5.97 Å². The van der Waals surface area contributed by atoms with Crippen molar-refractivity contribution in [1.82, 2.24) is 4.90 Å². The zero-order valence-electron chi connectivity index (χ0n) is 10.5. The number of morpholine rings is 1. The molecule has 1 atom stereocenters. The Morgan fingerprint density at radius 1 is 1.50 bits per heavy atom. The quantitative estimate of drug-likeness (QED) is 0.897. The molecule has 1 saturated heterocycles. The van der Waals surface area contributed by atoms with Gasteiger partial charge in [-0.15, -0.1) is 0 Å². The molecular weight excluding hydrogens is 350 g/mol. The number of carbonyl (C=O) groups is 2. The summed E-state index contributed by atoms with van der Waals surface area (Å²) in [6.45, 7) is 1.03. The summed E-state index contributed by atoms with van der Waals surface area (Å²) in [4.78, 5) is 24.9. The fourth-order valence-electron chi connectivity index (χ4n) is 2.11. The average Bonchev–Trinajstić information content (AvgIpc) is 2.38. The van der Waals surface area contributed by atoms with E-state index in [2.05, 4.69) is 15.9 Å². The van der Waals surface area contributed by atoms with Crippen molar-refractivity contribution in [3.05, 3.63) is 33.3 Å². The number of rotatable bonds is 3. The van der Waals surface area contributed by atoms with Crippen molar-refractivity contribution in [3.8, 4) is 0 Å². The third-order valence-corrected chi connectivity index (χ3v) is 3.95. The lowest BCUT2D eigenvalue weighted by atomic mass is 10.1. The first-order valence-corrected chi connectivity index (χ1v) is 7.21. The Balaban J connectivity index is 2.22. The molecule has 7 heteroatoms. The van der Waals surface area contributed by atoms with Gasteiger partial charge in [-0.3, -0.25) is 9.59 Å². The molecule has 108 valence electrons. The molecule has 1 aliphatic rings. The maximum atomic E-state index is 12.5. The summed E-state index contributed by atoms with van der Waals surface area (Å²) in [6.07, 6.45) is -0.128. The molecule has 0 bridgehead atoms. The van der Waals surface area contributed by atoms with Crippen LogP contribution >= 0.6 is 27.5 Å². The van der Waals surface area contributed by atoms with E-state index in [0.717, 1.165) is 0 Å². The van der Waals surface area contributed by atoms with E-state index in [1.54, 1.807) is 23.1 Å². The number of amides is 1. The van der Waals surface area contributed by atoms with Crippen LogP contribution in [0.3, 0.4) is 0 Å². The number of carboxylic acid groups (broad SMARTS) is 1. The molecule has 0 saturated carbocycles. The van der Waals surface area contributed by atoms with E-state index in [1.807, 2.05) is 0 Å². The van der Waals surface area contributed by atoms with Gasteiger partial charge in [-0.05, 0) is 34.1 Å². The second-order valence-electron chi connectivity index (χ2n) is 4.45. The van der Waals surface area contributed by atoms with Gasteiger partial charge in [0.1, 0.15) is 0 Å². The highest BCUT2D eigenvalue weighted by Gasteiger charge is 2.30. The van der Waals surface area contributed by atoms with Crippen molar-refractivity contribution in [3.63, 3.8) is 0 Å². The Morgan fingerprint density at radius 3 is 2.90 bits per heavy atom. The zero-order valence-corrected chi connectivity index (χ0v) is 12.9. The van der Waals surface area contributed by atoms with Crippen molar-refractivity contribution in [1.29, 1.82) is 0 Å². The average molecular weight is 363 g/mol. The van der Waals surface area contributed by atoms with E-state index in [-0.39, 0.29) is 18.9 Å². The second kappa shape index (κ2) is 6.56. The fourth-order valence-corrected chi connectivity index (χ4v) is 2.96. The zero-order chi connectivity index (χ0) is 14.7. The van der Waals surface area contributed by atoms with Crippen LogP contribution in [-0.2, 0) is 9.53 Å². The largest absolute Gasteiger partial charge is 0.481 e. The molecule has 0 aromatic heterocycles. The van der Waals surface area contributed by atoms with Gasteiger partial charge in [-0.1, -0.05) is 11.6 Å². The highest BCUT2D eigenvalue weighted by Crippen LogP contribution is 2.24. The van der Waals surface area contributed by atoms with Crippen LogP contribution in [0, 0.1) is 0 Å². The predicted octanol–water partition coefficient (Wildman–Crippen LogP) is 2.42. The first-order valence-electron chi connectivity index (χ1n) is 6.04. The van der Waals surface area contributed by atoms with E-state index in [4.69, 9.17) is 21.4 Å². The number of carboxylic acids is 1. The molecule has 1 heterocycles. The number of benzene rings is 1. The maximum Gasteiger partial charge on any atom is 0.305 e. The lowest BCUT2D eigenvalue weighted by Gasteiger charge is -2.35. The van der Waals surface area contributed by atoms with E-state index in [9.17, 15) is 9.59 Å². The lowest BCUT2D eigenvalue weighted by molar-refractivity contribution is -0.139. The molecule has 20 heavy (non-hydrogen) atoms. The molecule has 1 fully saturated rings. The van der Waals surface area contributed by atoms with Crippen molar-refractivity contribution in [2.24, 2.45) is 0 Å². The summed E-state index contributed by atoms with van der Waals surface area (Å²) >= 11 is 9.16. The van der Waals surface area contributed by atoms with Gasteiger partial charge in [0.25, 0.3) is 5.91 Å². The summed E-state index contributed by atoms with van der Waals surface area (Å²) in [5.74, 6) is -1.17. The van der Waals surface area contributed by atoms with Crippen LogP contribution in [0.15, 0.2) is 22.7 Å². The molecule has 1 aromatic carbocycles. The third kappa shape index (κ3) is 3.50. The lowest BCUT2D eigenvalue weighted by Crippen LogP contribution is -2.49. The summed E-state index contributed by atoms with van der Waals surface area (Å²) in [5.41, 5.74) is 0.465. The topological polar surface area (TPSA) is 66.8 Å². The standard InChI is InChI=1S/C13H13BrClNO4/c14-11-5-8(15)1-2-10(11)13(19)16-3-4-20-7-9(16)6-12(17)18/h1-2,5,9H,3-4,6-7H2,(H,17,18). The SMILES string of the molecule is O=C(O)CC1COCCN1C(=O)c1ccc(Cl)cc1Br. The van der Waals surface area contributed by atoms with Crippen LogP contribution < -0.4 is 0 Å². The van der Waals surface area contributed by atoms with E-state index in [1.165, 1.54) is 0 Å². The Bertz CT molecular complexity index is 537. The number of ether oxygens (including phenoxy) is 1. The number of hydrogen-bond acceptors (Lipinski definition) is 3. The van der Waals surface area contributed by atoms with Gasteiger partial charge in [0.2, 0.25) is 0 Å². The number of hydrogen-bond donors (Lipinski definition) is 1. The van der Waals surface area contributed by atoms with Crippen LogP contribution in [0.1, 0.15) is 16.8 Å². The van der Waals surface area contributed by atoms with Crippen LogP contribution in [0.25, 0.3) is 0 Å². The number of carbonyl (C=O) groups excluding carboxylic acids is 1. The van der Waals surface area contributed by atoms with Crippen molar-refractivity contribution >= 4 is 39.4 Å². The Morgan fingerprint density at radius 2 is 2.25 bits per heavy atom. The van der Waals surface area contributed by atoms with Crippen molar-refractivity contribution in [2.75, 3.05) is 19.8 Å². The van der Waals surface area contributed by atoms with Gasteiger partial charge in [0.05, 0.1) is 31.2 Å². The minimum atomic E-state index is -0.950. The molecule has 1 N–H and O–H groups in total. The molecule has 1 unspecified atom stereocenters. The van der Waals surface area contributed by atoms with Crippen molar-refractivity contribution in [2.45, 2.75) is 12.5 Å². The third-order valence-electron chi connectivity index (χ3n) is 3.06. The summed E-state index contributed by atoms with van der Waals surface area (Å²) in [5, 5.41) is 9.43. The number of aliphatic carboxylic acids is 1. The molecule has 0 aliphatic carbocycles. The highest BCUT2D eigenvalue weighted by molar-refractivity contribution is 9.10. The Kier molecular flexibility index (Phi) is 5.01. The van der Waals surface area contributed by atoms with E-state index >= 15 is 0 Å². The molecule has 2 rings (SSSR count). The monoisotopic (exact) mass is 361 g/mol. The smallest absolute Gasteiger partial charge is 0.305 e. The summed E-state index contributed by atoms with van der Waals surface area (Å²) in [6, 6.07) is 4.45. The summed E-state index contributed by atoms with van der Waals surface area (Å²) < 4.78 is 5.85. The molecule has 0 radical (unpaired) electrons. The minimum Gasteiger partial charge on any atom is -0.481 e. The molecule has 1 aromatic rings. The Hall–Kier alpha value is -1.11. The molecule has 1 aliphatic heterocycles. The van der Waals surface area contributed by atoms with Crippen LogP contribution in [0.5, 0.6) is 0 Å². The van der Waals surface area contributed by atoms with Gasteiger partial charge in [-0.2, -0.15) is 0 Å². The molecular formula is C13H13BrClNO4. The first kappa shape index (κ1) is 15.3. The first-order chi connectivity index (χ1) is 9.49. The minimum absolute atomic E-state index is 0.128. The fraction of sp³-hybridized carbons (Fsp3) is 0.385.